The van der Waals surface area contributed by atoms with Crippen LogP contribution in [0.2, 0.25) is 0 Å². The van der Waals surface area contributed by atoms with Crippen molar-refractivity contribution in [2.45, 2.75) is 46.1 Å². The molecule has 0 saturated carbocycles. The Morgan fingerprint density at radius 1 is 1.33 bits per heavy atom. The van der Waals surface area contributed by atoms with Crippen LogP contribution in [0.25, 0.3) is 5.78 Å². The summed E-state index contributed by atoms with van der Waals surface area (Å²) in [5.74, 6) is 1.33. The third kappa shape index (κ3) is 3.70. The zero-order valence-corrected chi connectivity index (χ0v) is 15.9. The number of hydrogen-bond donors (Lipinski definition) is 0. The smallest absolute Gasteiger partial charge is 0.252 e. The fourth-order valence-corrected chi connectivity index (χ4v) is 4.04. The van der Waals surface area contributed by atoms with E-state index in [-0.39, 0.29) is 5.91 Å². The number of hydrogen-bond acceptors (Lipinski definition) is 5. The highest BCUT2D eigenvalue weighted by atomic mass is 16.2. The molecule has 0 aliphatic carbocycles. The summed E-state index contributed by atoms with van der Waals surface area (Å²) in [6.07, 6.45) is 10.6. The summed E-state index contributed by atoms with van der Waals surface area (Å²) in [7, 11) is 0. The Bertz CT molecular complexity index is 931. The van der Waals surface area contributed by atoms with E-state index in [9.17, 15) is 4.79 Å². The number of rotatable bonds is 5. The van der Waals surface area contributed by atoms with E-state index in [2.05, 4.69) is 24.6 Å². The van der Waals surface area contributed by atoms with Crippen molar-refractivity contribution in [3.8, 4) is 0 Å². The Labute approximate surface area is 158 Å². The average molecular weight is 367 g/mol. The molecule has 1 aliphatic rings. The van der Waals surface area contributed by atoms with Gasteiger partial charge in [-0.25, -0.2) is 14.5 Å². The molecule has 8 nitrogen and oxygen atoms in total. The Morgan fingerprint density at radius 3 is 3.04 bits per heavy atom. The van der Waals surface area contributed by atoms with Crippen LogP contribution in [0.5, 0.6) is 0 Å². The highest BCUT2D eigenvalue weighted by Gasteiger charge is 2.24. The molecule has 1 fully saturated rings. The summed E-state index contributed by atoms with van der Waals surface area (Å²) in [6, 6.07) is 0. The topological polar surface area (TPSA) is 81.2 Å². The Balaban J connectivity index is 1.39. The largest absolute Gasteiger partial charge is 0.342 e. The zero-order chi connectivity index (χ0) is 18.8. The first-order valence-corrected chi connectivity index (χ1v) is 9.51. The van der Waals surface area contributed by atoms with Crippen LogP contribution in [-0.2, 0) is 17.8 Å². The monoisotopic (exact) mass is 367 g/mol. The van der Waals surface area contributed by atoms with Crippen molar-refractivity contribution >= 4 is 11.7 Å². The second-order valence-electron chi connectivity index (χ2n) is 7.34. The van der Waals surface area contributed by atoms with Crippen LogP contribution in [0.15, 0.2) is 25.0 Å². The second-order valence-corrected chi connectivity index (χ2v) is 7.34. The van der Waals surface area contributed by atoms with Gasteiger partial charge in [0.2, 0.25) is 5.91 Å². The molecule has 1 saturated heterocycles. The van der Waals surface area contributed by atoms with E-state index in [1.165, 1.54) is 6.33 Å². The first-order valence-electron chi connectivity index (χ1n) is 9.51. The van der Waals surface area contributed by atoms with Gasteiger partial charge in [0, 0.05) is 49.8 Å². The van der Waals surface area contributed by atoms with Gasteiger partial charge in [0.1, 0.15) is 6.33 Å². The molecule has 0 bridgehead atoms. The number of carbonyl (C=O) groups excluding carboxylic acids is 1. The van der Waals surface area contributed by atoms with E-state index in [1.807, 2.05) is 31.3 Å². The van der Waals surface area contributed by atoms with Gasteiger partial charge < -0.3 is 9.47 Å². The molecular weight excluding hydrogens is 342 g/mol. The molecule has 1 atom stereocenters. The molecule has 8 heteroatoms. The minimum absolute atomic E-state index is 0.225. The lowest BCUT2D eigenvalue weighted by Crippen LogP contribution is -2.41. The van der Waals surface area contributed by atoms with Crippen molar-refractivity contribution in [2.75, 3.05) is 13.1 Å². The van der Waals surface area contributed by atoms with Crippen LogP contribution in [0, 0.1) is 19.8 Å². The number of imidazole rings is 1. The highest BCUT2D eigenvalue weighted by molar-refractivity contribution is 5.76. The normalized spacial score (nSPS) is 17.6. The first-order chi connectivity index (χ1) is 13.1. The molecule has 0 radical (unpaired) electrons. The predicted molar refractivity (Wildman–Crippen MR) is 100 cm³/mol. The molecule has 142 valence electrons. The molecule has 0 spiro atoms. The molecule has 1 aliphatic heterocycles. The van der Waals surface area contributed by atoms with Gasteiger partial charge in [-0.3, -0.25) is 4.79 Å². The maximum absolute atomic E-state index is 12.8. The number of amides is 1. The SMILES string of the molecule is Cc1nc2ncnn2c(C)c1CCC(=O)N1CCC[C@@H](Cn2ccnc2)C1. The van der Waals surface area contributed by atoms with E-state index in [1.54, 1.807) is 10.7 Å². The number of piperidine rings is 1. The maximum atomic E-state index is 12.8. The van der Waals surface area contributed by atoms with Crippen molar-refractivity contribution in [1.29, 1.82) is 0 Å². The molecule has 0 aromatic carbocycles. The number of aromatic nitrogens is 6. The number of carbonyl (C=O) groups is 1. The van der Waals surface area contributed by atoms with E-state index in [0.29, 0.717) is 24.5 Å². The van der Waals surface area contributed by atoms with Crippen LogP contribution in [0.3, 0.4) is 0 Å². The quantitative estimate of drug-likeness (QED) is 0.687. The van der Waals surface area contributed by atoms with Gasteiger partial charge in [0.25, 0.3) is 5.78 Å². The van der Waals surface area contributed by atoms with Crippen molar-refractivity contribution in [1.82, 2.24) is 34.0 Å². The van der Waals surface area contributed by atoms with Crippen LogP contribution in [0.1, 0.15) is 36.2 Å². The number of fused-ring (bicyclic) bond motifs is 1. The lowest BCUT2D eigenvalue weighted by atomic mass is 9.97. The lowest BCUT2D eigenvalue weighted by Gasteiger charge is -2.33. The highest BCUT2D eigenvalue weighted by Crippen LogP contribution is 2.20. The van der Waals surface area contributed by atoms with E-state index in [0.717, 1.165) is 49.4 Å². The molecular formula is C19H25N7O. The molecule has 3 aromatic heterocycles. The van der Waals surface area contributed by atoms with Crippen molar-refractivity contribution in [3.63, 3.8) is 0 Å². The van der Waals surface area contributed by atoms with Crippen molar-refractivity contribution < 1.29 is 4.79 Å². The summed E-state index contributed by atoms with van der Waals surface area (Å²) >= 11 is 0. The van der Waals surface area contributed by atoms with Gasteiger partial charge in [-0.2, -0.15) is 10.1 Å². The molecule has 1 amide bonds. The van der Waals surface area contributed by atoms with Gasteiger partial charge >= 0.3 is 0 Å². The van der Waals surface area contributed by atoms with Crippen molar-refractivity contribution in [2.24, 2.45) is 5.92 Å². The van der Waals surface area contributed by atoms with Gasteiger partial charge in [-0.05, 0) is 44.6 Å². The molecule has 4 rings (SSSR count). The number of nitrogens with zero attached hydrogens (tertiary/aromatic N) is 7. The van der Waals surface area contributed by atoms with Gasteiger partial charge in [-0.15, -0.1) is 0 Å². The lowest BCUT2D eigenvalue weighted by molar-refractivity contribution is -0.133. The Hall–Kier alpha value is -2.77. The van der Waals surface area contributed by atoms with Crippen molar-refractivity contribution in [3.05, 3.63) is 42.0 Å². The van der Waals surface area contributed by atoms with E-state index >= 15 is 0 Å². The van der Waals surface area contributed by atoms with Crippen LogP contribution in [-0.4, -0.2) is 53.0 Å². The zero-order valence-electron chi connectivity index (χ0n) is 15.9. The summed E-state index contributed by atoms with van der Waals surface area (Å²) in [5.41, 5.74) is 3.03. The Morgan fingerprint density at radius 2 is 2.22 bits per heavy atom. The van der Waals surface area contributed by atoms with Gasteiger partial charge in [0.05, 0.1) is 6.33 Å². The summed E-state index contributed by atoms with van der Waals surface area (Å²) < 4.78 is 3.85. The maximum Gasteiger partial charge on any atom is 0.252 e. The minimum Gasteiger partial charge on any atom is -0.342 e. The molecule has 0 unspecified atom stereocenters. The van der Waals surface area contributed by atoms with Crippen LogP contribution in [0.4, 0.5) is 0 Å². The third-order valence-electron chi connectivity index (χ3n) is 5.48. The molecule has 4 heterocycles. The standard InChI is InChI=1S/C19H25N7O/c1-14-17(15(2)26-19(23-14)21-12-22-26)5-6-18(27)25-8-3-4-16(11-25)10-24-9-7-20-13-24/h7,9,12-13,16H,3-6,8,10-11H2,1-2H3/t16-/m0/s1. The van der Waals surface area contributed by atoms with Crippen LogP contribution >= 0.6 is 0 Å². The van der Waals surface area contributed by atoms with Gasteiger partial charge in [0.15, 0.2) is 0 Å². The molecule has 3 aromatic rings. The minimum atomic E-state index is 0.225. The fourth-order valence-electron chi connectivity index (χ4n) is 4.04. The molecule has 27 heavy (non-hydrogen) atoms. The first kappa shape index (κ1) is 17.6. The van der Waals surface area contributed by atoms with E-state index < -0.39 is 0 Å². The summed E-state index contributed by atoms with van der Waals surface area (Å²) in [4.78, 5) is 27.6. The third-order valence-corrected chi connectivity index (χ3v) is 5.48. The predicted octanol–water partition coefficient (Wildman–Crippen LogP) is 1.81. The summed E-state index contributed by atoms with van der Waals surface area (Å²) in [5, 5.41) is 4.22. The molecule has 0 N–H and O–H groups in total. The fraction of sp³-hybridized carbons (Fsp3) is 0.526. The van der Waals surface area contributed by atoms with E-state index in [4.69, 9.17) is 0 Å². The number of likely N-dealkylation sites (tertiary alicyclic amines) is 1. The summed E-state index contributed by atoms with van der Waals surface area (Å²) in [6.45, 7) is 6.60. The van der Waals surface area contributed by atoms with Gasteiger partial charge in [-0.1, -0.05) is 0 Å². The number of aryl methyl sites for hydroxylation is 2. The Kier molecular flexibility index (Phi) is 4.87. The average Bonchev–Trinajstić information content (AvgIpc) is 3.33. The van der Waals surface area contributed by atoms with Crippen LogP contribution < -0.4 is 0 Å². The second kappa shape index (κ2) is 7.46.